The molecule has 4 nitrogen and oxygen atoms in total. The van der Waals surface area contributed by atoms with Crippen LogP contribution in [0.1, 0.15) is 18.0 Å². The van der Waals surface area contributed by atoms with Crippen LogP contribution < -0.4 is 10.1 Å². The maximum atomic E-state index is 9.93. The van der Waals surface area contributed by atoms with Gasteiger partial charge in [0.2, 0.25) is 0 Å². The van der Waals surface area contributed by atoms with Crippen LogP contribution in [0.3, 0.4) is 0 Å². The average molecular weight is 341 g/mol. The number of hydrogen-bond donors (Lipinski definition) is 2. The fraction of sp³-hybridized carbons (Fsp3) is 0.467. The van der Waals surface area contributed by atoms with Crippen LogP contribution in [0.2, 0.25) is 0 Å². The van der Waals surface area contributed by atoms with Gasteiger partial charge in [-0.25, -0.2) is 0 Å². The molecule has 0 amide bonds. The number of ether oxygens (including phenoxy) is 1. The molecule has 0 saturated carbocycles. The van der Waals surface area contributed by atoms with Gasteiger partial charge in [-0.3, -0.25) is 4.90 Å². The van der Waals surface area contributed by atoms with Crippen molar-refractivity contribution in [2.75, 3.05) is 33.3 Å². The van der Waals surface area contributed by atoms with Gasteiger partial charge < -0.3 is 15.2 Å². The van der Waals surface area contributed by atoms with E-state index in [4.69, 9.17) is 4.74 Å². The molecule has 0 spiro atoms. The predicted octanol–water partition coefficient (Wildman–Crippen LogP) is 2.69. The highest BCUT2D eigenvalue weighted by Gasteiger charge is 2.23. The van der Waals surface area contributed by atoms with E-state index in [1.54, 1.807) is 7.11 Å². The van der Waals surface area contributed by atoms with Crippen molar-refractivity contribution >= 4 is 15.9 Å². The second-order valence-electron chi connectivity index (χ2n) is 4.88. The Hall–Kier alpha value is -1.04. The summed E-state index contributed by atoms with van der Waals surface area (Å²) in [5, 5.41) is 13.3. The molecule has 0 radical (unpaired) electrons. The second-order valence-corrected chi connectivity index (χ2v) is 5.73. The molecular formula is C15H21BrN2O2. The van der Waals surface area contributed by atoms with E-state index in [9.17, 15) is 5.11 Å². The summed E-state index contributed by atoms with van der Waals surface area (Å²) in [6.07, 6.45) is 2.82. The zero-order chi connectivity index (χ0) is 14.5. The first-order valence-corrected chi connectivity index (χ1v) is 7.58. The smallest absolute Gasteiger partial charge is 0.172 e. The van der Waals surface area contributed by atoms with Crippen molar-refractivity contribution in [2.24, 2.45) is 0 Å². The van der Waals surface area contributed by atoms with E-state index in [1.807, 2.05) is 18.2 Å². The normalized spacial score (nSPS) is 17.7. The molecule has 1 atom stereocenters. The summed E-state index contributed by atoms with van der Waals surface area (Å²) in [6, 6.07) is 4.14. The van der Waals surface area contributed by atoms with Crippen LogP contribution in [-0.2, 0) is 0 Å². The number of halogens is 1. The Balaban J connectivity index is 2.32. The molecule has 0 aliphatic carbocycles. The van der Waals surface area contributed by atoms with Gasteiger partial charge in [-0.15, -0.1) is 6.58 Å². The maximum absolute atomic E-state index is 9.93. The zero-order valence-electron chi connectivity index (χ0n) is 11.7. The molecule has 0 unspecified atom stereocenters. The zero-order valence-corrected chi connectivity index (χ0v) is 13.3. The Kier molecular flexibility index (Phi) is 5.46. The Morgan fingerprint density at radius 2 is 2.20 bits per heavy atom. The molecule has 2 N–H and O–H groups in total. The molecule has 110 valence electrons. The summed E-state index contributed by atoms with van der Waals surface area (Å²) in [7, 11) is 1.57. The number of piperazine rings is 1. The Morgan fingerprint density at radius 3 is 2.80 bits per heavy atom. The number of phenols is 1. The van der Waals surface area contributed by atoms with Crippen LogP contribution in [0, 0.1) is 0 Å². The first kappa shape index (κ1) is 15.4. The quantitative estimate of drug-likeness (QED) is 0.809. The van der Waals surface area contributed by atoms with E-state index in [0.717, 1.165) is 38.2 Å². The summed E-state index contributed by atoms with van der Waals surface area (Å²) >= 11 is 3.39. The van der Waals surface area contributed by atoms with Gasteiger partial charge in [-0.05, 0) is 40.0 Å². The lowest BCUT2D eigenvalue weighted by molar-refractivity contribution is 0.174. The summed E-state index contributed by atoms with van der Waals surface area (Å²) in [5.41, 5.74) is 1.13. The molecule has 20 heavy (non-hydrogen) atoms. The van der Waals surface area contributed by atoms with Crippen LogP contribution in [0.5, 0.6) is 11.5 Å². The molecule has 0 aromatic heterocycles. The lowest BCUT2D eigenvalue weighted by Crippen LogP contribution is -2.45. The Morgan fingerprint density at radius 1 is 1.50 bits per heavy atom. The number of hydrogen-bond acceptors (Lipinski definition) is 4. The molecule has 0 bridgehead atoms. The number of rotatable bonds is 5. The van der Waals surface area contributed by atoms with Gasteiger partial charge in [0.15, 0.2) is 11.5 Å². The minimum atomic E-state index is 0.147. The number of methoxy groups -OCH3 is 1. The van der Waals surface area contributed by atoms with Crippen molar-refractivity contribution in [3.8, 4) is 11.5 Å². The van der Waals surface area contributed by atoms with Crippen LogP contribution in [0.15, 0.2) is 29.3 Å². The molecule has 1 aromatic carbocycles. The predicted molar refractivity (Wildman–Crippen MR) is 84.4 cm³/mol. The number of benzene rings is 1. The van der Waals surface area contributed by atoms with E-state index in [1.165, 1.54) is 0 Å². The summed E-state index contributed by atoms with van der Waals surface area (Å²) in [5.74, 6) is 0.646. The van der Waals surface area contributed by atoms with Crippen molar-refractivity contribution < 1.29 is 9.84 Å². The van der Waals surface area contributed by atoms with Crippen molar-refractivity contribution in [3.63, 3.8) is 0 Å². The molecule has 1 saturated heterocycles. The molecule has 1 heterocycles. The van der Waals surface area contributed by atoms with Crippen molar-refractivity contribution in [3.05, 3.63) is 34.8 Å². The molecule has 1 aliphatic heterocycles. The third kappa shape index (κ3) is 3.34. The van der Waals surface area contributed by atoms with Gasteiger partial charge in [0.25, 0.3) is 0 Å². The lowest BCUT2D eigenvalue weighted by Gasteiger charge is -2.35. The molecule has 2 rings (SSSR count). The first-order valence-electron chi connectivity index (χ1n) is 6.79. The van der Waals surface area contributed by atoms with Crippen molar-refractivity contribution in [1.29, 1.82) is 0 Å². The van der Waals surface area contributed by atoms with Crippen LogP contribution in [0.4, 0.5) is 0 Å². The van der Waals surface area contributed by atoms with Gasteiger partial charge in [0.05, 0.1) is 11.6 Å². The van der Waals surface area contributed by atoms with Gasteiger partial charge in [0, 0.05) is 32.2 Å². The standard InChI is InChI=1S/C15H21BrN2O2/c1-3-4-13(18-7-5-17-6-8-18)11-9-12(16)15(19)14(10-11)20-2/h3,9-10,13,17,19H,1,4-8H2,2H3/t13-/m0/s1. The molecule has 1 aromatic rings. The van der Waals surface area contributed by atoms with Gasteiger partial charge >= 0.3 is 0 Å². The van der Waals surface area contributed by atoms with Crippen LogP contribution >= 0.6 is 15.9 Å². The third-order valence-corrected chi connectivity index (χ3v) is 4.24. The van der Waals surface area contributed by atoms with E-state index >= 15 is 0 Å². The second kappa shape index (κ2) is 7.11. The maximum Gasteiger partial charge on any atom is 0.172 e. The topological polar surface area (TPSA) is 44.7 Å². The minimum absolute atomic E-state index is 0.147. The SMILES string of the molecule is C=CC[C@@H](c1cc(Br)c(O)c(OC)c1)N1CCNCC1. The Bertz CT molecular complexity index is 473. The highest BCUT2D eigenvalue weighted by Crippen LogP contribution is 2.38. The van der Waals surface area contributed by atoms with Crippen LogP contribution in [-0.4, -0.2) is 43.3 Å². The number of phenolic OH excluding ortho intramolecular Hbond substituents is 1. The fourth-order valence-electron chi connectivity index (χ4n) is 2.59. The molecule has 5 heteroatoms. The monoisotopic (exact) mass is 340 g/mol. The van der Waals surface area contributed by atoms with E-state index < -0.39 is 0 Å². The van der Waals surface area contributed by atoms with E-state index in [2.05, 4.69) is 32.7 Å². The molecule has 1 aliphatic rings. The Labute approximate surface area is 128 Å². The van der Waals surface area contributed by atoms with Crippen molar-refractivity contribution in [2.45, 2.75) is 12.5 Å². The minimum Gasteiger partial charge on any atom is -0.503 e. The molecular weight excluding hydrogens is 320 g/mol. The highest BCUT2D eigenvalue weighted by atomic mass is 79.9. The van der Waals surface area contributed by atoms with Gasteiger partial charge in [0.1, 0.15) is 0 Å². The van der Waals surface area contributed by atoms with Gasteiger partial charge in [-0.1, -0.05) is 6.08 Å². The number of nitrogens with one attached hydrogen (secondary N) is 1. The largest absolute Gasteiger partial charge is 0.503 e. The lowest BCUT2D eigenvalue weighted by atomic mass is 10.0. The highest BCUT2D eigenvalue weighted by molar-refractivity contribution is 9.10. The molecule has 1 fully saturated rings. The van der Waals surface area contributed by atoms with Gasteiger partial charge in [-0.2, -0.15) is 0 Å². The summed E-state index contributed by atoms with van der Waals surface area (Å²) in [4.78, 5) is 2.44. The average Bonchev–Trinajstić information content (AvgIpc) is 2.48. The summed E-state index contributed by atoms with van der Waals surface area (Å²) in [6.45, 7) is 7.90. The van der Waals surface area contributed by atoms with Crippen molar-refractivity contribution in [1.82, 2.24) is 10.2 Å². The summed E-state index contributed by atoms with van der Waals surface area (Å²) < 4.78 is 5.91. The number of nitrogens with zero attached hydrogens (tertiary/aromatic N) is 1. The van der Waals surface area contributed by atoms with E-state index in [0.29, 0.717) is 10.2 Å². The fourth-order valence-corrected chi connectivity index (χ4v) is 3.05. The van der Waals surface area contributed by atoms with Crippen LogP contribution in [0.25, 0.3) is 0 Å². The number of aromatic hydroxyl groups is 1. The van der Waals surface area contributed by atoms with E-state index in [-0.39, 0.29) is 11.8 Å². The first-order chi connectivity index (χ1) is 9.67. The third-order valence-electron chi connectivity index (χ3n) is 3.64.